The van der Waals surface area contributed by atoms with Gasteiger partial charge in [-0.25, -0.2) is 0 Å². The molecule has 0 radical (unpaired) electrons. The molecule has 1 fully saturated rings. The van der Waals surface area contributed by atoms with Crippen LogP contribution in [-0.4, -0.2) is 43.3 Å². The molecule has 0 amide bonds. The van der Waals surface area contributed by atoms with Crippen LogP contribution in [0.5, 0.6) is 17.2 Å². The SMILES string of the molecule is C[C@@H]1CN(CCOc2cccc(Oc3ccccc3)c2)C[C@H](C)O1. The summed E-state index contributed by atoms with van der Waals surface area (Å²) in [5, 5.41) is 0. The van der Waals surface area contributed by atoms with E-state index in [1.807, 2.05) is 54.6 Å². The molecule has 0 spiro atoms. The van der Waals surface area contributed by atoms with Crippen molar-refractivity contribution in [2.45, 2.75) is 26.1 Å². The number of hydrogen-bond acceptors (Lipinski definition) is 4. The standard InChI is InChI=1S/C20H25NO3/c1-16-14-21(15-17(2)23-16)11-12-22-19-9-6-10-20(13-19)24-18-7-4-3-5-8-18/h3-10,13,16-17H,11-12,14-15H2,1-2H3/t16-,17+. The van der Waals surface area contributed by atoms with E-state index in [1.165, 1.54) is 0 Å². The molecule has 4 heteroatoms. The summed E-state index contributed by atoms with van der Waals surface area (Å²) in [6.07, 6.45) is 0.577. The van der Waals surface area contributed by atoms with Crippen molar-refractivity contribution < 1.29 is 14.2 Å². The van der Waals surface area contributed by atoms with Crippen molar-refractivity contribution in [3.63, 3.8) is 0 Å². The van der Waals surface area contributed by atoms with Crippen molar-refractivity contribution in [3.8, 4) is 17.2 Å². The molecule has 0 N–H and O–H groups in total. The van der Waals surface area contributed by atoms with Crippen molar-refractivity contribution in [1.82, 2.24) is 4.90 Å². The predicted molar refractivity (Wildman–Crippen MR) is 94.9 cm³/mol. The van der Waals surface area contributed by atoms with Crippen LogP contribution in [0.2, 0.25) is 0 Å². The van der Waals surface area contributed by atoms with E-state index >= 15 is 0 Å². The van der Waals surface area contributed by atoms with Gasteiger partial charge >= 0.3 is 0 Å². The highest BCUT2D eigenvalue weighted by Gasteiger charge is 2.21. The Labute approximate surface area is 144 Å². The van der Waals surface area contributed by atoms with E-state index in [2.05, 4.69) is 18.7 Å². The van der Waals surface area contributed by atoms with Crippen LogP contribution in [-0.2, 0) is 4.74 Å². The Morgan fingerprint density at radius 1 is 0.917 bits per heavy atom. The number of morpholine rings is 1. The number of nitrogens with zero attached hydrogens (tertiary/aromatic N) is 1. The molecule has 1 heterocycles. The van der Waals surface area contributed by atoms with Crippen molar-refractivity contribution in [2.24, 2.45) is 0 Å². The highest BCUT2D eigenvalue weighted by atomic mass is 16.5. The van der Waals surface area contributed by atoms with E-state index in [-0.39, 0.29) is 12.2 Å². The molecule has 0 bridgehead atoms. The molecule has 2 atom stereocenters. The lowest BCUT2D eigenvalue weighted by Gasteiger charge is -2.35. The van der Waals surface area contributed by atoms with Crippen molar-refractivity contribution >= 4 is 0 Å². The van der Waals surface area contributed by atoms with Crippen molar-refractivity contribution in [2.75, 3.05) is 26.2 Å². The monoisotopic (exact) mass is 327 g/mol. The highest BCUT2D eigenvalue weighted by Crippen LogP contribution is 2.25. The van der Waals surface area contributed by atoms with Crippen LogP contribution in [0.15, 0.2) is 54.6 Å². The number of para-hydroxylation sites is 1. The molecular formula is C20H25NO3. The molecule has 24 heavy (non-hydrogen) atoms. The van der Waals surface area contributed by atoms with Crippen LogP contribution >= 0.6 is 0 Å². The molecular weight excluding hydrogens is 302 g/mol. The normalized spacial score (nSPS) is 21.4. The van der Waals surface area contributed by atoms with Gasteiger partial charge in [-0.05, 0) is 38.1 Å². The first-order chi connectivity index (χ1) is 11.7. The van der Waals surface area contributed by atoms with Crippen LogP contribution in [0.3, 0.4) is 0 Å². The van der Waals surface area contributed by atoms with Crippen molar-refractivity contribution in [3.05, 3.63) is 54.6 Å². The van der Waals surface area contributed by atoms with Crippen LogP contribution < -0.4 is 9.47 Å². The zero-order valence-corrected chi connectivity index (χ0v) is 14.4. The predicted octanol–water partition coefficient (Wildman–Crippen LogP) is 3.97. The smallest absolute Gasteiger partial charge is 0.131 e. The zero-order chi connectivity index (χ0) is 16.8. The van der Waals surface area contributed by atoms with Crippen molar-refractivity contribution in [1.29, 1.82) is 0 Å². The van der Waals surface area contributed by atoms with Gasteiger partial charge in [-0.15, -0.1) is 0 Å². The van der Waals surface area contributed by atoms with Gasteiger partial charge in [0, 0.05) is 25.7 Å². The van der Waals surface area contributed by atoms with Gasteiger partial charge in [0.1, 0.15) is 23.9 Å². The molecule has 0 unspecified atom stereocenters. The van der Waals surface area contributed by atoms with E-state index in [4.69, 9.17) is 14.2 Å². The lowest BCUT2D eigenvalue weighted by atomic mass is 10.2. The Bertz CT molecular complexity index is 622. The maximum Gasteiger partial charge on any atom is 0.131 e. The highest BCUT2D eigenvalue weighted by molar-refractivity contribution is 5.36. The summed E-state index contributed by atoms with van der Waals surface area (Å²) >= 11 is 0. The van der Waals surface area contributed by atoms with Gasteiger partial charge in [0.25, 0.3) is 0 Å². The topological polar surface area (TPSA) is 30.9 Å². The largest absolute Gasteiger partial charge is 0.492 e. The average Bonchev–Trinajstić information content (AvgIpc) is 2.55. The molecule has 2 aromatic carbocycles. The molecule has 3 rings (SSSR count). The Morgan fingerprint density at radius 3 is 2.33 bits per heavy atom. The van der Waals surface area contributed by atoms with E-state index in [9.17, 15) is 0 Å². The Kier molecular flexibility index (Phi) is 5.72. The van der Waals surface area contributed by atoms with Gasteiger partial charge in [0.2, 0.25) is 0 Å². The third-order valence-corrected chi connectivity index (χ3v) is 3.96. The summed E-state index contributed by atoms with van der Waals surface area (Å²) in [6, 6.07) is 17.5. The summed E-state index contributed by atoms with van der Waals surface area (Å²) in [4.78, 5) is 2.39. The maximum absolute atomic E-state index is 5.90. The molecule has 0 aliphatic carbocycles. The minimum Gasteiger partial charge on any atom is -0.492 e. The van der Waals surface area contributed by atoms with E-state index in [0.29, 0.717) is 6.61 Å². The molecule has 0 aromatic heterocycles. The first-order valence-corrected chi connectivity index (χ1v) is 8.52. The average molecular weight is 327 g/mol. The molecule has 2 aromatic rings. The van der Waals surface area contributed by atoms with E-state index < -0.39 is 0 Å². The summed E-state index contributed by atoms with van der Waals surface area (Å²) in [6.45, 7) is 7.73. The number of rotatable bonds is 6. The van der Waals surface area contributed by atoms with Gasteiger partial charge in [0.05, 0.1) is 12.2 Å². The molecule has 4 nitrogen and oxygen atoms in total. The van der Waals surface area contributed by atoms with Gasteiger partial charge in [-0.1, -0.05) is 24.3 Å². The summed E-state index contributed by atoms with van der Waals surface area (Å²) in [5.74, 6) is 2.44. The zero-order valence-electron chi connectivity index (χ0n) is 14.4. The van der Waals surface area contributed by atoms with Crippen LogP contribution in [0.1, 0.15) is 13.8 Å². The van der Waals surface area contributed by atoms with Crippen LogP contribution in [0.4, 0.5) is 0 Å². The number of benzene rings is 2. The minimum atomic E-state index is 0.288. The molecule has 128 valence electrons. The van der Waals surface area contributed by atoms with Gasteiger partial charge in [-0.2, -0.15) is 0 Å². The quantitative estimate of drug-likeness (QED) is 0.803. The first kappa shape index (κ1) is 16.8. The minimum absolute atomic E-state index is 0.288. The van der Waals surface area contributed by atoms with Crippen LogP contribution in [0.25, 0.3) is 0 Å². The number of ether oxygens (including phenoxy) is 3. The molecule has 1 saturated heterocycles. The summed E-state index contributed by atoms with van der Waals surface area (Å²) in [5.41, 5.74) is 0. The second-order valence-corrected chi connectivity index (χ2v) is 6.26. The summed E-state index contributed by atoms with van der Waals surface area (Å²) < 4.78 is 17.5. The third-order valence-electron chi connectivity index (χ3n) is 3.96. The fourth-order valence-corrected chi connectivity index (χ4v) is 3.01. The summed E-state index contributed by atoms with van der Waals surface area (Å²) in [7, 11) is 0. The van der Waals surface area contributed by atoms with Gasteiger partial charge < -0.3 is 14.2 Å². The Hall–Kier alpha value is -2.04. The molecule has 1 aliphatic heterocycles. The number of hydrogen-bond donors (Lipinski definition) is 0. The fourth-order valence-electron chi connectivity index (χ4n) is 3.01. The maximum atomic E-state index is 5.90. The third kappa shape index (κ3) is 4.98. The van der Waals surface area contributed by atoms with Crippen LogP contribution in [0, 0.1) is 0 Å². The molecule has 0 saturated carbocycles. The van der Waals surface area contributed by atoms with Gasteiger partial charge in [0.15, 0.2) is 0 Å². The second-order valence-electron chi connectivity index (χ2n) is 6.26. The Balaban J connectivity index is 1.50. The lowest BCUT2D eigenvalue weighted by molar-refractivity contribution is -0.0699. The van der Waals surface area contributed by atoms with E-state index in [1.54, 1.807) is 0 Å². The molecule has 1 aliphatic rings. The Morgan fingerprint density at radius 2 is 1.58 bits per heavy atom. The van der Waals surface area contributed by atoms with Gasteiger partial charge in [-0.3, -0.25) is 4.90 Å². The van der Waals surface area contributed by atoms with E-state index in [0.717, 1.165) is 36.9 Å². The second kappa shape index (κ2) is 8.18. The fraction of sp³-hybridized carbons (Fsp3) is 0.400. The lowest BCUT2D eigenvalue weighted by Crippen LogP contribution is -2.46. The first-order valence-electron chi connectivity index (χ1n) is 8.52.